The van der Waals surface area contributed by atoms with Gasteiger partial charge in [0.15, 0.2) is 5.78 Å². The van der Waals surface area contributed by atoms with Crippen LogP contribution in [-0.2, 0) is 4.79 Å². The Morgan fingerprint density at radius 2 is 1.80 bits per heavy atom. The predicted octanol–water partition coefficient (Wildman–Crippen LogP) is 2.08. The van der Waals surface area contributed by atoms with E-state index in [1.54, 1.807) is 13.8 Å². The van der Waals surface area contributed by atoms with Gasteiger partial charge in [0.2, 0.25) is 0 Å². The topological polar surface area (TPSA) is 40.5 Å². The van der Waals surface area contributed by atoms with E-state index >= 15 is 0 Å². The molecule has 0 saturated heterocycles. The molecule has 1 aliphatic rings. The van der Waals surface area contributed by atoms with Crippen molar-refractivity contribution < 1.29 is 10.0 Å². The Bertz CT molecular complexity index is 421. The van der Waals surface area contributed by atoms with Gasteiger partial charge in [-0.15, -0.1) is 0 Å². The van der Waals surface area contributed by atoms with Crippen molar-refractivity contribution in [3.05, 3.63) is 42.0 Å². The standard InChI is InChI=1S/C12H13NO2/c1-12(2)11(14)8-10(13(12)15)9-6-4-3-5-7-9/h3-8,15H,1-2H3. The molecule has 0 saturated carbocycles. The molecular formula is C12H13NO2. The molecule has 0 bridgehead atoms. The average Bonchev–Trinajstić information content (AvgIpc) is 2.44. The zero-order valence-electron chi connectivity index (χ0n) is 8.77. The van der Waals surface area contributed by atoms with Gasteiger partial charge < -0.3 is 0 Å². The van der Waals surface area contributed by atoms with E-state index in [9.17, 15) is 10.0 Å². The number of hydrogen-bond donors (Lipinski definition) is 1. The maximum absolute atomic E-state index is 11.6. The smallest absolute Gasteiger partial charge is 0.185 e. The van der Waals surface area contributed by atoms with Gasteiger partial charge in [0.05, 0.1) is 5.70 Å². The molecule has 0 fully saturated rings. The Morgan fingerprint density at radius 3 is 2.27 bits per heavy atom. The van der Waals surface area contributed by atoms with Gasteiger partial charge in [-0.3, -0.25) is 10.0 Å². The largest absolute Gasteiger partial charge is 0.292 e. The lowest BCUT2D eigenvalue weighted by atomic mass is 10.0. The molecule has 0 aliphatic carbocycles. The molecule has 1 heterocycles. The summed E-state index contributed by atoms with van der Waals surface area (Å²) >= 11 is 0. The van der Waals surface area contributed by atoms with Gasteiger partial charge in [-0.25, -0.2) is 5.06 Å². The molecule has 0 spiro atoms. The summed E-state index contributed by atoms with van der Waals surface area (Å²) < 4.78 is 0. The molecule has 0 radical (unpaired) electrons. The first-order valence-corrected chi connectivity index (χ1v) is 4.84. The minimum absolute atomic E-state index is 0.0798. The number of carbonyl (C=O) groups excluding carboxylic acids is 1. The van der Waals surface area contributed by atoms with Crippen molar-refractivity contribution in [2.24, 2.45) is 0 Å². The second-order valence-corrected chi connectivity index (χ2v) is 4.13. The van der Waals surface area contributed by atoms with Crippen molar-refractivity contribution in [1.29, 1.82) is 0 Å². The Hall–Kier alpha value is -1.61. The summed E-state index contributed by atoms with van der Waals surface area (Å²) in [7, 11) is 0. The van der Waals surface area contributed by atoms with Crippen LogP contribution in [0.5, 0.6) is 0 Å². The molecule has 15 heavy (non-hydrogen) atoms. The lowest BCUT2D eigenvalue weighted by molar-refractivity contribution is -0.140. The fourth-order valence-corrected chi connectivity index (χ4v) is 1.58. The van der Waals surface area contributed by atoms with Crippen LogP contribution in [0.1, 0.15) is 19.4 Å². The fraction of sp³-hybridized carbons (Fsp3) is 0.250. The van der Waals surface area contributed by atoms with Gasteiger partial charge in [0, 0.05) is 11.6 Å². The van der Waals surface area contributed by atoms with Crippen LogP contribution in [0.15, 0.2) is 36.4 Å². The van der Waals surface area contributed by atoms with Gasteiger partial charge in [-0.1, -0.05) is 30.3 Å². The molecule has 1 aliphatic heterocycles. The minimum Gasteiger partial charge on any atom is -0.292 e. The molecule has 0 aromatic heterocycles. The lowest BCUT2D eigenvalue weighted by Gasteiger charge is -2.28. The third kappa shape index (κ3) is 1.45. The highest BCUT2D eigenvalue weighted by Crippen LogP contribution is 2.32. The van der Waals surface area contributed by atoms with Gasteiger partial charge in [0.1, 0.15) is 5.54 Å². The van der Waals surface area contributed by atoms with Crippen LogP contribution in [0.3, 0.4) is 0 Å². The van der Waals surface area contributed by atoms with E-state index in [0.29, 0.717) is 5.70 Å². The van der Waals surface area contributed by atoms with E-state index in [2.05, 4.69) is 0 Å². The van der Waals surface area contributed by atoms with Crippen LogP contribution in [-0.4, -0.2) is 21.6 Å². The molecule has 3 nitrogen and oxygen atoms in total. The molecule has 1 aromatic carbocycles. The van der Waals surface area contributed by atoms with Crippen LogP contribution in [0.25, 0.3) is 5.70 Å². The van der Waals surface area contributed by atoms with Gasteiger partial charge in [-0.05, 0) is 13.8 Å². The second-order valence-electron chi connectivity index (χ2n) is 4.13. The van der Waals surface area contributed by atoms with Crippen molar-refractivity contribution in [3.63, 3.8) is 0 Å². The number of benzene rings is 1. The molecule has 0 atom stereocenters. The highest BCUT2D eigenvalue weighted by atomic mass is 16.5. The van der Waals surface area contributed by atoms with Crippen LogP contribution in [0, 0.1) is 0 Å². The lowest BCUT2D eigenvalue weighted by Crippen LogP contribution is -2.41. The number of hydroxylamine groups is 2. The molecular weight excluding hydrogens is 190 g/mol. The van der Waals surface area contributed by atoms with Gasteiger partial charge in [-0.2, -0.15) is 0 Å². The Labute approximate surface area is 88.6 Å². The normalized spacial score (nSPS) is 19.3. The van der Waals surface area contributed by atoms with Crippen molar-refractivity contribution in [2.75, 3.05) is 0 Å². The van der Waals surface area contributed by atoms with E-state index in [4.69, 9.17) is 0 Å². The molecule has 0 amide bonds. The first-order chi connectivity index (χ1) is 7.03. The van der Waals surface area contributed by atoms with E-state index in [-0.39, 0.29) is 5.78 Å². The van der Waals surface area contributed by atoms with Crippen molar-refractivity contribution in [3.8, 4) is 0 Å². The summed E-state index contributed by atoms with van der Waals surface area (Å²) in [6, 6.07) is 9.38. The molecule has 2 rings (SSSR count). The zero-order chi connectivity index (χ0) is 11.1. The third-order valence-corrected chi connectivity index (χ3v) is 2.70. The third-order valence-electron chi connectivity index (χ3n) is 2.70. The van der Waals surface area contributed by atoms with Crippen molar-refractivity contribution >= 4 is 11.5 Å². The van der Waals surface area contributed by atoms with Crippen molar-refractivity contribution in [1.82, 2.24) is 5.06 Å². The van der Waals surface area contributed by atoms with Gasteiger partial charge >= 0.3 is 0 Å². The highest BCUT2D eigenvalue weighted by Gasteiger charge is 2.40. The van der Waals surface area contributed by atoms with E-state index in [0.717, 1.165) is 10.6 Å². The van der Waals surface area contributed by atoms with Crippen LogP contribution >= 0.6 is 0 Å². The summed E-state index contributed by atoms with van der Waals surface area (Å²) in [6.45, 7) is 3.39. The fourth-order valence-electron chi connectivity index (χ4n) is 1.58. The van der Waals surface area contributed by atoms with E-state index in [1.807, 2.05) is 30.3 Å². The summed E-state index contributed by atoms with van der Waals surface area (Å²) in [5.41, 5.74) is 0.551. The first kappa shape index (κ1) is 9.93. The Morgan fingerprint density at radius 1 is 1.20 bits per heavy atom. The predicted molar refractivity (Wildman–Crippen MR) is 57.1 cm³/mol. The minimum atomic E-state index is -0.856. The summed E-state index contributed by atoms with van der Waals surface area (Å²) in [4.78, 5) is 11.6. The number of nitrogens with zero attached hydrogens (tertiary/aromatic N) is 1. The van der Waals surface area contributed by atoms with Crippen LogP contribution in [0.4, 0.5) is 0 Å². The highest BCUT2D eigenvalue weighted by molar-refractivity contribution is 6.06. The molecule has 3 heteroatoms. The Kier molecular flexibility index (Phi) is 2.12. The van der Waals surface area contributed by atoms with Crippen molar-refractivity contribution in [2.45, 2.75) is 19.4 Å². The van der Waals surface area contributed by atoms with E-state index < -0.39 is 5.54 Å². The summed E-state index contributed by atoms with van der Waals surface area (Å²) in [6.07, 6.45) is 1.48. The van der Waals surface area contributed by atoms with E-state index in [1.165, 1.54) is 6.08 Å². The zero-order valence-corrected chi connectivity index (χ0v) is 8.77. The molecule has 0 unspecified atom stereocenters. The monoisotopic (exact) mass is 203 g/mol. The van der Waals surface area contributed by atoms with Gasteiger partial charge in [0.25, 0.3) is 0 Å². The average molecular weight is 203 g/mol. The summed E-state index contributed by atoms with van der Waals surface area (Å²) in [5.74, 6) is -0.0798. The molecule has 1 aromatic rings. The number of ketones is 1. The molecule has 78 valence electrons. The number of rotatable bonds is 1. The maximum atomic E-state index is 11.6. The maximum Gasteiger partial charge on any atom is 0.185 e. The molecule has 1 N–H and O–H groups in total. The Balaban J connectivity index is 2.42. The summed E-state index contributed by atoms with van der Waals surface area (Å²) in [5, 5.41) is 10.9. The number of carbonyl (C=O) groups is 1. The van der Waals surface area contributed by atoms with Crippen LogP contribution in [0.2, 0.25) is 0 Å². The second kappa shape index (κ2) is 3.21. The number of hydrogen-bond acceptors (Lipinski definition) is 3. The SMILES string of the molecule is CC1(C)C(=O)C=C(c2ccccc2)N1O. The quantitative estimate of drug-likeness (QED) is 0.759. The van der Waals surface area contributed by atoms with Crippen LogP contribution < -0.4 is 0 Å². The first-order valence-electron chi connectivity index (χ1n) is 4.84.